The van der Waals surface area contributed by atoms with Crippen LogP contribution in [-0.4, -0.2) is 53.1 Å². The average molecular weight is 254 g/mol. The molecule has 0 aromatic heterocycles. The van der Waals surface area contributed by atoms with Crippen molar-refractivity contribution in [3.05, 3.63) is 12.2 Å². The summed E-state index contributed by atoms with van der Waals surface area (Å²) in [6.45, 7) is 9.72. The Labute approximate surface area is 108 Å². The molecule has 1 saturated heterocycles. The number of hydrogen-bond donors (Lipinski definition) is 1. The lowest BCUT2D eigenvalue weighted by Gasteiger charge is -2.35. The van der Waals surface area contributed by atoms with Crippen molar-refractivity contribution >= 4 is 12.0 Å². The van der Waals surface area contributed by atoms with Crippen LogP contribution in [0.15, 0.2) is 12.2 Å². The first-order valence-corrected chi connectivity index (χ1v) is 6.36. The molecular formula is C13H22N2O3. The fourth-order valence-corrected chi connectivity index (χ4v) is 2.19. The number of rotatable bonds is 4. The minimum atomic E-state index is -0.810. The van der Waals surface area contributed by atoms with Gasteiger partial charge in [0, 0.05) is 26.2 Å². The van der Waals surface area contributed by atoms with Crippen molar-refractivity contribution < 1.29 is 14.7 Å². The summed E-state index contributed by atoms with van der Waals surface area (Å²) < 4.78 is 0. The van der Waals surface area contributed by atoms with Crippen LogP contribution in [0.25, 0.3) is 0 Å². The van der Waals surface area contributed by atoms with E-state index in [1.807, 2.05) is 13.8 Å². The Morgan fingerprint density at radius 2 is 2.17 bits per heavy atom. The highest BCUT2D eigenvalue weighted by Crippen LogP contribution is 2.18. The average Bonchev–Trinajstić information content (AvgIpc) is 2.35. The third-order valence-electron chi connectivity index (χ3n) is 3.15. The minimum absolute atomic E-state index is 0.0774. The molecule has 1 fully saturated rings. The van der Waals surface area contributed by atoms with Gasteiger partial charge in [-0.2, -0.15) is 0 Å². The van der Waals surface area contributed by atoms with Crippen molar-refractivity contribution in [2.75, 3.05) is 26.2 Å². The fourth-order valence-electron chi connectivity index (χ4n) is 2.19. The Morgan fingerprint density at radius 3 is 2.67 bits per heavy atom. The molecule has 0 radical (unpaired) electrons. The van der Waals surface area contributed by atoms with Crippen LogP contribution >= 0.6 is 0 Å². The van der Waals surface area contributed by atoms with Gasteiger partial charge < -0.3 is 14.9 Å². The quantitative estimate of drug-likeness (QED) is 0.778. The van der Waals surface area contributed by atoms with Crippen LogP contribution in [0.1, 0.15) is 26.7 Å². The van der Waals surface area contributed by atoms with Gasteiger partial charge in [-0.1, -0.05) is 12.2 Å². The number of hydrogen-bond acceptors (Lipinski definition) is 2. The van der Waals surface area contributed by atoms with Crippen LogP contribution in [0, 0.1) is 5.92 Å². The molecule has 0 unspecified atom stereocenters. The van der Waals surface area contributed by atoms with Crippen molar-refractivity contribution in [1.82, 2.24) is 9.80 Å². The van der Waals surface area contributed by atoms with Crippen LogP contribution in [-0.2, 0) is 4.79 Å². The number of carbonyl (C=O) groups excluding carboxylic acids is 1. The second-order valence-electron chi connectivity index (χ2n) is 4.88. The lowest BCUT2D eigenvalue weighted by molar-refractivity contribution is -0.143. The van der Waals surface area contributed by atoms with E-state index >= 15 is 0 Å². The highest BCUT2D eigenvalue weighted by atomic mass is 16.4. The van der Waals surface area contributed by atoms with Gasteiger partial charge in [-0.3, -0.25) is 4.79 Å². The molecule has 1 N–H and O–H groups in total. The van der Waals surface area contributed by atoms with Crippen LogP contribution in [0.5, 0.6) is 0 Å². The predicted molar refractivity (Wildman–Crippen MR) is 69.4 cm³/mol. The maximum absolute atomic E-state index is 12.3. The van der Waals surface area contributed by atoms with E-state index in [0.29, 0.717) is 32.6 Å². The van der Waals surface area contributed by atoms with Gasteiger partial charge in [-0.15, -0.1) is 0 Å². The van der Waals surface area contributed by atoms with E-state index in [4.69, 9.17) is 5.11 Å². The van der Waals surface area contributed by atoms with Crippen molar-refractivity contribution in [2.45, 2.75) is 26.7 Å². The Morgan fingerprint density at radius 1 is 1.50 bits per heavy atom. The number of carbonyl (C=O) groups is 2. The number of urea groups is 1. The second-order valence-corrected chi connectivity index (χ2v) is 4.88. The summed E-state index contributed by atoms with van der Waals surface area (Å²) in [6.07, 6.45) is 1.42. The molecule has 1 atom stereocenters. The van der Waals surface area contributed by atoms with E-state index in [2.05, 4.69) is 6.58 Å². The first-order chi connectivity index (χ1) is 8.45. The molecule has 2 amide bonds. The van der Waals surface area contributed by atoms with E-state index in [1.165, 1.54) is 0 Å². The third kappa shape index (κ3) is 3.75. The number of carboxylic acids is 1. The maximum Gasteiger partial charge on any atom is 0.320 e. The van der Waals surface area contributed by atoms with Gasteiger partial charge in [0.05, 0.1) is 5.92 Å². The summed E-state index contributed by atoms with van der Waals surface area (Å²) in [6, 6.07) is -0.0774. The summed E-state index contributed by atoms with van der Waals surface area (Å²) in [5, 5.41) is 9.01. The molecule has 1 rings (SSSR count). The molecule has 0 spiro atoms. The normalized spacial score (nSPS) is 19.4. The van der Waals surface area contributed by atoms with E-state index in [0.717, 1.165) is 12.0 Å². The Kier molecular flexibility index (Phi) is 5.19. The predicted octanol–water partition coefficient (Wildman–Crippen LogP) is 1.80. The van der Waals surface area contributed by atoms with E-state index in [1.54, 1.807) is 9.80 Å². The molecule has 102 valence electrons. The maximum atomic E-state index is 12.3. The number of aliphatic carboxylic acids is 1. The molecule has 0 saturated carbocycles. The lowest BCUT2D eigenvalue weighted by Crippen LogP contribution is -2.49. The first-order valence-electron chi connectivity index (χ1n) is 6.36. The number of piperidine rings is 1. The number of likely N-dealkylation sites (tertiary alicyclic amines) is 1. The lowest BCUT2D eigenvalue weighted by atomic mass is 9.98. The Bertz CT molecular complexity index is 341. The van der Waals surface area contributed by atoms with Crippen molar-refractivity contribution in [3.8, 4) is 0 Å². The summed E-state index contributed by atoms with van der Waals surface area (Å²) in [5.74, 6) is -1.23. The topological polar surface area (TPSA) is 60.9 Å². The number of nitrogens with zero attached hydrogens (tertiary/aromatic N) is 2. The Balaban J connectivity index is 2.64. The van der Waals surface area contributed by atoms with Crippen LogP contribution < -0.4 is 0 Å². The van der Waals surface area contributed by atoms with Gasteiger partial charge in [0.2, 0.25) is 0 Å². The summed E-state index contributed by atoms with van der Waals surface area (Å²) in [5.41, 5.74) is 0.928. The van der Waals surface area contributed by atoms with Gasteiger partial charge in [-0.05, 0) is 26.7 Å². The molecule has 0 aromatic carbocycles. The largest absolute Gasteiger partial charge is 0.481 e. The summed E-state index contributed by atoms with van der Waals surface area (Å²) >= 11 is 0. The molecule has 1 aliphatic heterocycles. The van der Waals surface area contributed by atoms with Gasteiger partial charge in [0.25, 0.3) is 0 Å². The number of likely N-dealkylation sites (N-methyl/N-ethyl adjacent to an activating group) is 1. The van der Waals surface area contributed by atoms with E-state index in [9.17, 15) is 9.59 Å². The molecule has 0 aliphatic carbocycles. The number of carboxylic acid groups (broad SMARTS) is 1. The minimum Gasteiger partial charge on any atom is -0.481 e. The van der Waals surface area contributed by atoms with Crippen LogP contribution in [0.3, 0.4) is 0 Å². The van der Waals surface area contributed by atoms with Crippen molar-refractivity contribution in [1.29, 1.82) is 0 Å². The Hall–Kier alpha value is -1.52. The molecule has 5 heteroatoms. The van der Waals surface area contributed by atoms with E-state index < -0.39 is 11.9 Å². The summed E-state index contributed by atoms with van der Waals surface area (Å²) in [7, 11) is 0. The van der Waals surface area contributed by atoms with Crippen LogP contribution in [0.4, 0.5) is 4.79 Å². The molecule has 1 heterocycles. The van der Waals surface area contributed by atoms with Crippen molar-refractivity contribution in [2.24, 2.45) is 5.92 Å². The molecule has 0 bridgehead atoms. The van der Waals surface area contributed by atoms with Gasteiger partial charge in [-0.25, -0.2) is 4.79 Å². The van der Waals surface area contributed by atoms with Crippen LogP contribution in [0.2, 0.25) is 0 Å². The second kappa shape index (κ2) is 6.42. The number of amides is 2. The molecular weight excluding hydrogens is 232 g/mol. The van der Waals surface area contributed by atoms with Gasteiger partial charge in [0.15, 0.2) is 0 Å². The van der Waals surface area contributed by atoms with Gasteiger partial charge >= 0.3 is 12.0 Å². The van der Waals surface area contributed by atoms with E-state index in [-0.39, 0.29) is 6.03 Å². The molecule has 1 aliphatic rings. The molecule has 18 heavy (non-hydrogen) atoms. The molecule has 5 nitrogen and oxygen atoms in total. The fraction of sp³-hybridized carbons (Fsp3) is 0.692. The standard InChI is InChI=1S/C13H22N2O3/c1-4-14(8-10(2)3)13(18)15-7-5-6-11(9-15)12(16)17/h11H,2,4-9H2,1,3H3,(H,16,17)/t11-/m0/s1. The highest BCUT2D eigenvalue weighted by molar-refractivity contribution is 5.77. The summed E-state index contributed by atoms with van der Waals surface area (Å²) in [4.78, 5) is 26.6. The SMILES string of the molecule is C=C(C)CN(CC)C(=O)N1CCC[C@H](C(=O)O)C1. The highest BCUT2D eigenvalue weighted by Gasteiger charge is 2.29. The third-order valence-corrected chi connectivity index (χ3v) is 3.15. The monoisotopic (exact) mass is 254 g/mol. The zero-order valence-electron chi connectivity index (χ0n) is 11.2. The zero-order valence-corrected chi connectivity index (χ0v) is 11.2. The molecule has 0 aromatic rings. The smallest absolute Gasteiger partial charge is 0.320 e. The van der Waals surface area contributed by atoms with Gasteiger partial charge in [0.1, 0.15) is 0 Å². The zero-order chi connectivity index (χ0) is 13.7. The first kappa shape index (κ1) is 14.5. The van der Waals surface area contributed by atoms with Crippen molar-refractivity contribution in [3.63, 3.8) is 0 Å².